The van der Waals surface area contributed by atoms with E-state index in [1.807, 2.05) is 0 Å². The second-order valence-corrected chi connectivity index (χ2v) is 8.25. The van der Waals surface area contributed by atoms with E-state index in [9.17, 15) is 10.2 Å². The summed E-state index contributed by atoms with van der Waals surface area (Å²) in [6.45, 7) is 0. The van der Waals surface area contributed by atoms with Crippen LogP contribution in [0, 0.1) is 0 Å². The number of hydrogen-bond donors (Lipinski definition) is 2. The Labute approximate surface area is 142 Å². The first-order chi connectivity index (χ1) is 11.6. The Morgan fingerprint density at radius 2 is 0.792 bits per heavy atom. The van der Waals surface area contributed by atoms with E-state index in [0.29, 0.717) is 0 Å². The third-order valence-corrected chi connectivity index (χ3v) is 6.63. The van der Waals surface area contributed by atoms with Crippen LogP contribution in [0.4, 0.5) is 0 Å². The molecule has 2 saturated heterocycles. The topological polar surface area (TPSA) is 77.4 Å². The van der Waals surface area contributed by atoms with Gasteiger partial charge in [0.05, 0.1) is 0 Å². The van der Waals surface area contributed by atoms with Crippen LogP contribution < -0.4 is 0 Å². The molecule has 3 saturated carbocycles. The molecule has 0 bridgehead atoms. The van der Waals surface area contributed by atoms with Crippen LogP contribution >= 0.6 is 0 Å². The molecular weight excluding hydrogens is 312 g/mol. The van der Waals surface area contributed by atoms with Crippen molar-refractivity contribution in [2.24, 2.45) is 0 Å². The van der Waals surface area contributed by atoms with Crippen LogP contribution in [0.2, 0.25) is 0 Å². The van der Waals surface area contributed by atoms with Gasteiger partial charge in [0.1, 0.15) is 36.6 Å². The zero-order chi connectivity index (χ0) is 16.4. The highest BCUT2D eigenvalue weighted by atomic mass is 16.8. The molecule has 3 aliphatic carbocycles. The standard InChI is InChI=1S/C18H28O6/c19-11-13-14(22-17(21-13)7-3-1-4-8-17)12(20)16-15(11)23-18(24-16)9-5-2-6-10-18/h11-16,19-20H,1-10H2/t11?,12?,13-,14-,15-,16+/m0/s1. The Morgan fingerprint density at radius 3 is 1.08 bits per heavy atom. The molecule has 6 heteroatoms. The fraction of sp³-hybridized carbons (Fsp3) is 1.00. The fourth-order valence-corrected chi connectivity index (χ4v) is 5.40. The van der Waals surface area contributed by atoms with Crippen molar-refractivity contribution in [1.82, 2.24) is 0 Å². The van der Waals surface area contributed by atoms with Gasteiger partial charge in [-0.3, -0.25) is 0 Å². The molecule has 0 aromatic heterocycles. The van der Waals surface area contributed by atoms with E-state index in [1.165, 1.54) is 12.8 Å². The Balaban J connectivity index is 1.38. The van der Waals surface area contributed by atoms with Crippen molar-refractivity contribution in [1.29, 1.82) is 0 Å². The monoisotopic (exact) mass is 340 g/mol. The minimum Gasteiger partial charge on any atom is -0.387 e. The molecule has 5 fully saturated rings. The largest absolute Gasteiger partial charge is 0.387 e. The second kappa shape index (κ2) is 5.63. The van der Waals surface area contributed by atoms with E-state index in [1.54, 1.807) is 0 Å². The summed E-state index contributed by atoms with van der Waals surface area (Å²) in [5, 5.41) is 21.7. The predicted octanol–water partition coefficient (Wildman–Crippen LogP) is 1.61. The molecular formula is C18H28O6. The molecule has 6 nitrogen and oxygen atoms in total. The van der Waals surface area contributed by atoms with Gasteiger partial charge in [0.25, 0.3) is 0 Å². The van der Waals surface area contributed by atoms with Crippen molar-refractivity contribution in [3.05, 3.63) is 0 Å². The zero-order valence-corrected chi connectivity index (χ0v) is 14.1. The van der Waals surface area contributed by atoms with Crippen molar-refractivity contribution in [2.75, 3.05) is 0 Å². The van der Waals surface area contributed by atoms with Crippen LogP contribution in [-0.2, 0) is 18.9 Å². The third kappa shape index (κ3) is 2.31. The molecule has 2 spiro atoms. The molecule has 5 rings (SSSR count). The highest BCUT2D eigenvalue weighted by Gasteiger charge is 2.65. The maximum absolute atomic E-state index is 10.9. The quantitative estimate of drug-likeness (QED) is 0.698. The lowest BCUT2D eigenvalue weighted by atomic mass is 9.85. The van der Waals surface area contributed by atoms with Crippen molar-refractivity contribution in [2.45, 2.75) is 112 Å². The van der Waals surface area contributed by atoms with Gasteiger partial charge in [0.2, 0.25) is 0 Å². The number of fused-ring (bicyclic) bond motifs is 2. The predicted molar refractivity (Wildman–Crippen MR) is 83.1 cm³/mol. The number of hydrogen-bond acceptors (Lipinski definition) is 6. The maximum Gasteiger partial charge on any atom is 0.169 e. The third-order valence-electron chi connectivity index (χ3n) is 6.63. The first kappa shape index (κ1) is 16.0. The Hall–Kier alpha value is -0.240. The lowest BCUT2D eigenvalue weighted by Gasteiger charge is -2.38. The average Bonchev–Trinajstić information content (AvgIpc) is 3.14. The van der Waals surface area contributed by atoms with Gasteiger partial charge in [-0.25, -0.2) is 0 Å². The highest BCUT2D eigenvalue weighted by Crippen LogP contribution is 2.50. The van der Waals surface area contributed by atoms with Crippen molar-refractivity contribution >= 4 is 0 Å². The maximum atomic E-state index is 10.9. The first-order valence-electron chi connectivity index (χ1n) is 9.69. The summed E-state index contributed by atoms with van der Waals surface area (Å²) >= 11 is 0. The van der Waals surface area contributed by atoms with Crippen LogP contribution in [0.5, 0.6) is 0 Å². The molecule has 6 atom stereocenters. The highest BCUT2D eigenvalue weighted by molar-refractivity contribution is 5.09. The SMILES string of the molecule is OC1[C@H]2OC3(CCCCC3)O[C@H]2C(O)[C@@H]2OC3(CCCCC3)O[C@@H]12. The molecule has 0 aromatic rings. The zero-order valence-electron chi connectivity index (χ0n) is 14.1. The van der Waals surface area contributed by atoms with Crippen LogP contribution in [0.3, 0.4) is 0 Å². The smallest absolute Gasteiger partial charge is 0.169 e. The number of ether oxygens (including phenoxy) is 4. The number of rotatable bonds is 0. The van der Waals surface area contributed by atoms with E-state index < -0.39 is 48.2 Å². The van der Waals surface area contributed by atoms with Crippen LogP contribution in [0.15, 0.2) is 0 Å². The van der Waals surface area contributed by atoms with Gasteiger partial charge >= 0.3 is 0 Å². The molecule has 24 heavy (non-hydrogen) atoms. The molecule has 2 aliphatic heterocycles. The molecule has 5 aliphatic rings. The molecule has 2 unspecified atom stereocenters. The summed E-state index contributed by atoms with van der Waals surface area (Å²) in [4.78, 5) is 0. The molecule has 0 amide bonds. The Morgan fingerprint density at radius 1 is 0.500 bits per heavy atom. The van der Waals surface area contributed by atoms with Crippen LogP contribution in [0.25, 0.3) is 0 Å². The minimum absolute atomic E-state index is 0.526. The Kier molecular flexibility index (Phi) is 3.75. The first-order valence-corrected chi connectivity index (χ1v) is 9.69. The summed E-state index contributed by atoms with van der Waals surface area (Å²) < 4.78 is 24.8. The molecule has 136 valence electrons. The summed E-state index contributed by atoms with van der Waals surface area (Å²) in [5.74, 6) is -1.26. The lowest BCUT2D eigenvalue weighted by Crippen LogP contribution is -2.61. The van der Waals surface area contributed by atoms with Crippen molar-refractivity contribution in [3.8, 4) is 0 Å². The summed E-state index contributed by atoms with van der Waals surface area (Å²) in [5.41, 5.74) is 0. The average molecular weight is 340 g/mol. The van der Waals surface area contributed by atoms with Crippen LogP contribution in [0.1, 0.15) is 64.2 Å². The minimum atomic E-state index is -0.814. The van der Waals surface area contributed by atoms with E-state index in [-0.39, 0.29) is 0 Å². The normalized spacial score (nSPS) is 49.2. The lowest BCUT2D eigenvalue weighted by molar-refractivity contribution is -0.224. The van der Waals surface area contributed by atoms with Crippen LogP contribution in [-0.4, -0.2) is 58.4 Å². The van der Waals surface area contributed by atoms with Gasteiger partial charge in [-0.05, 0) is 25.7 Å². The summed E-state index contributed by atoms with van der Waals surface area (Å²) in [6.07, 6.45) is 6.24. The van der Waals surface area contributed by atoms with E-state index in [0.717, 1.165) is 51.4 Å². The molecule has 2 heterocycles. The Bertz CT molecular complexity index is 412. The number of aliphatic hydroxyl groups excluding tert-OH is 2. The fourth-order valence-electron chi connectivity index (χ4n) is 5.40. The van der Waals surface area contributed by atoms with E-state index in [2.05, 4.69) is 0 Å². The van der Waals surface area contributed by atoms with Gasteiger partial charge < -0.3 is 29.2 Å². The van der Waals surface area contributed by atoms with Crippen molar-refractivity contribution < 1.29 is 29.2 Å². The van der Waals surface area contributed by atoms with Gasteiger partial charge in [-0.1, -0.05) is 12.8 Å². The summed E-state index contributed by atoms with van der Waals surface area (Å²) in [6, 6.07) is 0. The molecule has 0 radical (unpaired) electrons. The molecule has 2 N–H and O–H groups in total. The van der Waals surface area contributed by atoms with Gasteiger partial charge in [-0.15, -0.1) is 0 Å². The van der Waals surface area contributed by atoms with E-state index in [4.69, 9.17) is 18.9 Å². The number of aliphatic hydroxyl groups is 2. The molecule has 0 aromatic carbocycles. The van der Waals surface area contributed by atoms with Gasteiger partial charge in [0, 0.05) is 25.7 Å². The van der Waals surface area contributed by atoms with Crippen molar-refractivity contribution in [3.63, 3.8) is 0 Å². The second-order valence-electron chi connectivity index (χ2n) is 8.25. The summed E-state index contributed by atoms with van der Waals surface area (Å²) in [7, 11) is 0. The van der Waals surface area contributed by atoms with E-state index >= 15 is 0 Å². The van der Waals surface area contributed by atoms with Gasteiger partial charge in [-0.2, -0.15) is 0 Å². The van der Waals surface area contributed by atoms with Gasteiger partial charge in [0.15, 0.2) is 11.6 Å².